The van der Waals surface area contributed by atoms with E-state index in [-0.39, 0.29) is 0 Å². The molecule has 0 aliphatic carbocycles. The molecule has 2 rings (SSSR count). The first-order valence-corrected chi connectivity index (χ1v) is 7.42. The molecule has 1 aromatic rings. The summed E-state index contributed by atoms with van der Waals surface area (Å²) in [5, 5.41) is 8.61. The molecule has 0 aromatic carbocycles. The Morgan fingerprint density at radius 2 is 2.19 bits per heavy atom. The lowest BCUT2D eigenvalue weighted by molar-refractivity contribution is -0.131. The molecule has 0 atom stereocenters. The summed E-state index contributed by atoms with van der Waals surface area (Å²) < 4.78 is 0. The van der Waals surface area contributed by atoms with E-state index in [1.54, 1.807) is 12.3 Å². The molecule has 0 unspecified atom stereocenters. The fourth-order valence-corrected chi connectivity index (χ4v) is 2.68. The maximum atomic E-state index is 10.5. The fraction of sp³-hybridized carbons (Fsp3) is 0.500. The van der Waals surface area contributed by atoms with Gasteiger partial charge in [-0.05, 0) is 43.2 Å². The third-order valence-corrected chi connectivity index (χ3v) is 4.10. The van der Waals surface area contributed by atoms with E-state index in [0.29, 0.717) is 6.04 Å². The molecule has 0 saturated carbocycles. The van der Waals surface area contributed by atoms with Gasteiger partial charge in [-0.15, -0.1) is 0 Å². The average Bonchev–Trinajstić information content (AvgIpc) is 2.53. The van der Waals surface area contributed by atoms with Gasteiger partial charge in [-0.3, -0.25) is 0 Å². The van der Waals surface area contributed by atoms with E-state index in [1.165, 1.54) is 0 Å². The van der Waals surface area contributed by atoms with Crippen molar-refractivity contribution in [2.75, 3.05) is 31.6 Å². The molecule has 21 heavy (non-hydrogen) atoms. The second-order valence-electron chi connectivity index (χ2n) is 5.40. The van der Waals surface area contributed by atoms with E-state index in [1.807, 2.05) is 12.1 Å². The molecule has 0 bridgehead atoms. The van der Waals surface area contributed by atoms with E-state index >= 15 is 0 Å². The first-order chi connectivity index (χ1) is 10.1. The predicted octanol–water partition coefficient (Wildman–Crippen LogP) is 2.10. The lowest BCUT2D eigenvalue weighted by Gasteiger charge is -2.36. The largest absolute Gasteiger partial charge is 0.478 e. The molecule has 0 spiro atoms. The number of pyridine rings is 1. The number of hydrogen-bond acceptors (Lipinski definition) is 4. The molecule has 5 nitrogen and oxygen atoms in total. The van der Waals surface area contributed by atoms with Crippen LogP contribution in [0.15, 0.2) is 24.4 Å². The van der Waals surface area contributed by atoms with Gasteiger partial charge in [-0.1, -0.05) is 6.92 Å². The summed E-state index contributed by atoms with van der Waals surface area (Å²) in [6, 6.07) is 4.38. The van der Waals surface area contributed by atoms with Crippen LogP contribution in [0.4, 0.5) is 5.82 Å². The highest BCUT2D eigenvalue weighted by atomic mass is 16.4. The van der Waals surface area contributed by atoms with Crippen LogP contribution in [0.1, 0.15) is 25.3 Å². The SMILES string of the molecule is CCN1CCC(N(C)c2ccc(/C=C/C(=O)O)cn2)CC1. The number of likely N-dealkylation sites (tertiary alicyclic amines) is 1. The minimum atomic E-state index is -0.945. The van der Waals surface area contributed by atoms with Crippen molar-refractivity contribution in [1.82, 2.24) is 9.88 Å². The van der Waals surface area contributed by atoms with E-state index < -0.39 is 5.97 Å². The molecule has 1 aliphatic rings. The highest BCUT2D eigenvalue weighted by Gasteiger charge is 2.22. The van der Waals surface area contributed by atoms with Crippen molar-refractivity contribution in [2.45, 2.75) is 25.8 Å². The third kappa shape index (κ3) is 4.29. The third-order valence-electron chi connectivity index (χ3n) is 4.10. The summed E-state index contributed by atoms with van der Waals surface area (Å²) in [5.41, 5.74) is 0.801. The zero-order valence-corrected chi connectivity index (χ0v) is 12.7. The Kier molecular flexibility index (Phi) is 5.33. The first-order valence-electron chi connectivity index (χ1n) is 7.42. The number of rotatable bonds is 5. The van der Waals surface area contributed by atoms with Gasteiger partial charge < -0.3 is 14.9 Å². The predicted molar refractivity (Wildman–Crippen MR) is 84.4 cm³/mol. The Balaban J connectivity index is 1.97. The van der Waals surface area contributed by atoms with Crippen molar-refractivity contribution in [1.29, 1.82) is 0 Å². The quantitative estimate of drug-likeness (QED) is 0.841. The highest BCUT2D eigenvalue weighted by molar-refractivity contribution is 5.85. The molecule has 1 saturated heterocycles. The van der Waals surface area contributed by atoms with Crippen molar-refractivity contribution in [3.63, 3.8) is 0 Å². The van der Waals surface area contributed by atoms with Crippen LogP contribution in [-0.2, 0) is 4.79 Å². The zero-order chi connectivity index (χ0) is 15.2. The topological polar surface area (TPSA) is 56.7 Å². The summed E-state index contributed by atoms with van der Waals surface area (Å²) in [4.78, 5) is 19.6. The number of piperidine rings is 1. The molecule has 0 amide bonds. The maximum Gasteiger partial charge on any atom is 0.328 e. The number of carbonyl (C=O) groups is 1. The smallest absolute Gasteiger partial charge is 0.328 e. The summed E-state index contributed by atoms with van der Waals surface area (Å²) in [6.45, 7) is 5.62. The fourth-order valence-electron chi connectivity index (χ4n) is 2.68. The molecule has 1 N–H and O–H groups in total. The molecule has 2 heterocycles. The first kappa shape index (κ1) is 15.5. The van der Waals surface area contributed by atoms with Gasteiger partial charge >= 0.3 is 5.97 Å². The molecule has 5 heteroatoms. The van der Waals surface area contributed by atoms with Crippen LogP contribution < -0.4 is 4.90 Å². The van der Waals surface area contributed by atoms with Crippen LogP contribution in [0.25, 0.3) is 6.08 Å². The second kappa shape index (κ2) is 7.22. The number of anilines is 1. The van der Waals surface area contributed by atoms with E-state index in [4.69, 9.17) is 5.11 Å². The Morgan fingerprint density at radius 1 is 1.48 bits per heavy atom. The molecule has 114 valence electrons. The van der Waals surface area contributed by atoms with Gasteiger partial charge in [-0.25, -0.2) is 9.78 Å². The van der Waals surface area contributed by atoms with Gasteiger partial charge in [0.1, 0.15) is 5.82 Å². The molecule has 1 aromatic heterocycles. The number of hydrogen-bond donors (Lipinski definition) is 1. The Morgan fingerprint density at radius 3 is 2.71 bits per heavy atom. The van der Waals surface area contributed by atoms with Crippen LogP contribution in [-0.4, -0.2) is 53.7 Å². The van der Waals surface area contributed by atoms with Crippen LogP contribution in [0.3, 0.4) is 0 Å². The van der Waals surface area contributed by atoms with Crippen LogP contribution in [0, 0.1) is 0 Å². The molecule has 1 fully saturated rings. The normalized spacial score (nSPS) is 17.2. The monoisotopic (exact) mass is 289 g/mol. The number of aliphatic carboxylic acids is 1. The van der Waals surface area contributed by atoms with Gasteiger partial charge in [0.25, 0.3) is 0 Å². The Labute approximate surface area is 125 Å². The van der Waals surface area contributed by atoms with E-state index in [0.717, 1.165) is 49.9 Å². The molecule has 1 aliphatic heterocycles. The number of carboxylic acid groups (broad SMARTS) is 1. The highest BCUT2D eigenvalue weighted by Crippen LogP contribution is 2.20. The van der Waals surface area contributed by atoms with E-state index in [9.17, 15) is 4.79 Å². The van der Waals surface area contributed by atoms with Crippen LogP contribution >= 0.6 is 0 Å². The lowest BCUT2D eigenvalue weighted by Crippen LogP contribution is -2.43. The van der Waals surface area contributed by atoms with Crippen LogP contribution in [0.5, 0.6) is 0 Å². The summed E-state index contributed by atoms with van der Waals surface area (Å²) >= 11 is 0. The minimum Gasteiger partial charge on any atom is -0.478 e. The van der Waals surface area contributed by atoms with Crippen molar-refractivity contribution in [3.05, 3.63) is 30.0 Å². The number of carboxylic acids is 1. The van der Waals surface area contributed by atoms with Crippen molar-refractivity contribution in [2.24, 2.45) is 0 Å². The van der Waals surface area contributed by atoms with Gasteiger partial charge in [0, 0.05) is 38.5 Å². The minimum absolute atomic E-state index is 0.528. The molecular formula is C16H23N3O2. The van der Waals surface area contributed by atoms with Gasteiger partial charge in [0.2, 0.25) is 0 Å². The van der Waals surface area contributed by atoms with Gasteiger partial charge in [0.15, 0.2) is 0 Å². The van der Waals surface area contributed by atoms with Crippen molar-refractivity contribution in [3.8, 4) is 0 Å². The maximum absolute atomic E-state index is 10.5. The molecular weight excluding hydrogens is 266 g/mol. The van der Waals surface area contributed by atoms with Crippen LogP contribution in [0.2, 0.25) is 0 Å². The van der Waals surface area contributed by atoms with Crippen molar-refractivity contribution >= 4 is 17.9 Å². The van der Waals surface area contributed by atoms with Crippen molar-refractivity contribution < 1.29 is 9.90 Å². The lowest BCUT2D eigenvalue weighted by atomic mass is 10.0. The number of nitrogens with zero attached hydrogens (tertiary/aromatic N) is 3. The van der Waals surface area contributed by atoms with E-state index in [2.05, 4.69) is 28.8 Å². The second-order valence-corrected chi connectivity index (χ2v) is 5.40. The van der Waals surface area contributed by atoms with Gasteiger partial charge in [-0.2, -0.15) is 0 Å². The average molecular weight is 289 g/mol. The van der Waals surface area contributed by atoms with Gasteiger partial charge in [0.05, 0.1) is 0 Å². The Bertz CT molecular complexity index is 491. The number of aromatic nitrogens is 1. The summed E-state index contributed by atoms with van der Waals surface area (Å²) in [5.74, 6) is -0.00342. The summed E-state index contributed by atoms with van der Waals surface area (Å²) in [6.07, 6.45) is 6.71. The summed E-state index contributed by atoms with van der Waals surface area (Å²) in [7, 11) is 2.08. The standard InChI is InChI=1S/C16H23N3O2/c1-3-19-10-8-14(9-11-19)18(2)15-6-4-13(12-17-15)5-7-16(20)21/h4-7,12,14H,3,8-11H2,1-2H3,(H,20,21)/b7-5+. The Hall–Kier alpha value is -1.88. The molecule has 0 radical (unpaired) electrons. The zero-order valence-electron chi connectivity index (χ0n) is 12.7.